The number of hydrogen-bond donors (Lipinski definition) is 2. The number of H-pyrrole nitrogens is 1. The molecule has 5 rings (SSSR count). The topological polar surface area (TPSA) is 73.0 Å². The minimum atomic E-state index is 0.414. The van der Waals surface area contributed by atoms with Gasteiger partial charge in [-0.1, -0.05) is 12.1 Å². The first-order chi connectivity index (χ1) is 13.7. The van der Waals surface area contributed by atoms with Crippen LogP contribution in [0.1, 0.15) is 5.69 Å². The molecular weight excluding hydrogens is 348 g/mol. The molecular formula is C22H21N6+. The van der Waals surface area contributed by atoms with Gasteiger partial charge in [-0.15, -0.1) is 0 Å². The molecule has 28 heavy (non-hydrogen) atoms. The van der Waals surface area contributed by atoms with Crippen molar-refractivity contribution >= 4 is 27.6 Å². The highest BCUT2D eigenvalue weighted by Crippen LogP contribution is 2.29. The number of fused-ring (bicyclic) bond motifs is 3. The van der Waals surface area contributed by atoms with Crippen LogP contribution in [-0.4, -0.2) is 48.2 Å². The number of hydrogen-bond acceptors (Lipinski definition) is 4. The molecule has 1 fully saturated rings. The van der Waals surface area contributed by atoms with Crippen molar-refractivity contribution < 1.29 is 4.90 Å². The van der Waals surface area contributed by atoms with E-state index >= 15 is 0 Å². The largest absolute Gasteiger partial charge is 0.360 e. The second-order valence-electron chi connectivity index (χ2n) is 7.46. The van der Waals surface area contributed by atoms with Gasteiger partial charge in [0, 0.05) is 28.2 Å². The average Bonchev–Trinajstić information content (AvgIpc) is 3.11. The molecule has 6 heteroatoms. The van der Waals surface area contributed by atoms with Crippen LogP contribution in [0.5, 0.6) is 0 Å². The van der Waals surface area contributed by atoms with E-state index in [-0.39, 0.29) is 0 Å². The lowest BCUT2D eigenvalue weighted by molar-refractivity contribution is -0.880. The van der Waals surface area contributed by atoms with Gasteiger partial charge >= 0.3 is 0 Å². The summed E-state index contributed by atoms with van der Waals surface area (Å²) in [7, 11) is 2.25. The summed E-state index contributed by atoms with van der Waals surface area (Å²) in [6.07, 6.45) is 3.59. The Labute approximate surface area is 163 Å². The van der Waals surface area contributed by atoms with Crippen LogP contribution in [0.4, 0.5) is 5.69 Å². The first kappa shape index (κ1) is 16.7. The molecule has 6 nitrogen and oxygen atoms in total. The Kier molecular flexibility index (Phi) is 3.96. The van der Waals surface area contributed by atoms with E-state index in [0.717, 1.165) is 46.2 Å². The Morgan fingerprint density at radius 1 is 1.00 bits per heavy atom. The minimum absolute atomic E-state index is 0.414. The van der Waals surface area contributed by atoms with E-state index in [4.69, 9.17) is 5.26 Å². The minimum Gasteiger partial charge on any atom is -0.360 e. The summed E-state index contributed by atoms with van der Waals surface area (Å²) in [5, 5.41) is 11.1. The van der Waals surface area contributed by atoms with Crippen LogP contribution in [0, 0.1) is 11.3 Å². The molecule has 2 N–H and O–H groups in total. The standard InChI is InChI=1S/C22H20N6/c1-27-6-8-28(9-7-27)18-4-2-15(3-5-18)16-10-20-19-11-17(12-23)24-14-21(19)26-22(20)25-13-16/h2-5,10-11,13-14H,6-9H2,1H3,(H,25,26)/p+1. The molecule has 0 radical (unpaired) electrons. The number of piperazine rings is 1. The highest BCUT2D eigenvalue weighted by molar-refractivity contribution is 6.07. The number of nitriles is 1. The first-order valence-corrected chi connectivity index (χ1v) is 9.55. The van der Waals surface area contributed by atoms with Crippen molar-refractivity contribution in [2.24, 2.45) is 0 Å². The number of rotatable bonds is 2. The van der Waals surface area contributed by atoms with Crippen molar-refractivity contribution in [3.05, 3.63) is 54.5 Å². The lowest BCUT2D eigenvalue weighted by Crippen LogP contribution is -3.12. The van der Waals surface area contributed by atoms with E-state index in [9.17, 15) is 0 Å². The van der Waals surface area contributed by atoms with Gasteiger partial charge in [0.1, 0.15) is 17.4 Å². The molecule has 3 aromatic heterocycles. The number of benzene rings is 1. The Morgan fingerprint density at radius 3 is 2.54 bits per heavy atom. The van der Waals surface area contributed by atoms with Gasteiger partial charge in [0.05, 0.1) is 44.9 Å². The average molecular weight is 369 g/mol. The number of anilines is 1. The molecule has 0 atom stereocenters. The Balaban J connectivity index is 1.50. The molecule has 0 amide bonds. The zero-order valence-corrected chi connectivity index (χ0v) is 15.7. The molecule has 1 aliphatic rings. The van der Waals surface area contributed by atoms with Crippen LogP contribution in [0.15, 0.2) is 48.8 Å². The lowest BCUT2D eigenvalue weighted by Gasteiger charge is -2.31. The molecule has 1 aromatic carbocycles. The van der Waals surface area contributed by atoms with Crippen molar-refractivity contribution in [1.29, 1.82) is 5.26 Å². The fourth-order valence-electron chi connectivity index (χ4n) is 3.91. The number of aromatic amines is 1. The summed E-state index contributed by atoms with van der Waals surface area (Å²) in [6.45, 7) is 4.57. The maximum absolute atomic E-state index is 9.14. The number of nitrogens with one attached hydrogen (secondary N) is 2. The summed E-state index contributed by atoms with van der Waals surface area (Å²) >= 11 is 0. The van der Waals surface area contributed by atoms with Gasteiger partial charge in [0.25, 0.3) is 0 Å². The number of nitrogens with zero attached hydrogens (tertiary/aromatic N) is 4. The smallest absolute Gasteiger partial charge is 0.141 e. The van der Waals surface area contributed by atoms with Gasteiger partial charge in [-0.25, -0.2) is 9.97 Å². The van der Waals surface area contributed by atoms with Crippen molar-refractivity contribution in [3.63, 3.8) is 0 Å². The van der Waals surface area contributed by atoms with Gasteiger partial charge < -0.3 is 14.8 Å². The van der Waals surface area contributed by atoms with E-state index in [1.54, 1.807) is 11.1 Å². The van der Waals surface area contributed by atoms with Gasteiger partial charge in [0.15, 0.2) is 0 Å². The van der Waals surface area contributed by atoms with Crippen molar-refractivity contribution in [1.82, 2.24) is 15.0 Å². The summed E-state index contributed by atoms with van der Waals surface area (Å²) in [5.74, 6) is 0. The van der Waals surface area contributed by atoms with E-state index in [0.29, 0.717) is 5.69 Å². The number of likely N-dealkylation sites (N-methyl/N-ethyl adjacent to an activating group) is 1. The molecule has 1 saturated heterocycles. The molecule has 0 bridgehead atoms. The first-order valence-electron chi connectivity index (χ1n) is 9.55. The van der Waals surface area contributed by atoms with Crippen LogP contribution in [-0.2, 0) is 0 Å². The van der Waals surface area contributed by atoms with Gasteiger partial charge in [-0.05, 0) is 29.8 Å². The van der Waals surface area contributed by atoms with E-state index in [1.165, 1.54) is 18.8 Å². The lowest BCUT2D eigenvalue weighted by atomic mass is 10.0. The number of pyridine rings is 2. The zero-order chi connectivity index (χ0) is 19.1. The maximum atomic E-state index is 9.14. The second-order valence-corrected chi connectivity index (χ2v) is 7.46. The maximum Gasteiger partial charge on any atom is 0.141 e. The molecule has 4 heterocycles. The van der Waals surface area contributed by atoms with Crippen LogP contribution < -0.4 is 9.80 Å². The molecule has 4 aromatic rings. The molecule has 0 aliphatic carbocycles. The SMILES string of the molecule is C[NH+]1CCN(c2ccc(-c3cnc4[nH]c5cnc(C#N)cc5c4c3)cc2)CC1. The van der Waals surface area contributed by atoms with Gasteiger partial charge in [-0.2, -0.15) is 5.26 Å². The molecule has 0 spiro atoms. The second kappa shape index (κ2) is 6.63. The van der Waals surface area contributed by atoms with Crippen molar-refractivity contribution in [2.45, 2.75) is 0 Å². The van der Waals surface area contributed by atoms with Crippen LogP contribution in [0.25, 0.3) is 33.1 Å². The number of quaternary nitrogens is 1. The summed E-state index contributed by atoms with van der Waals surface area (Å²) < 4.78 is 0. The van der Waals surface area contributed by atoms with Crippen LogP contribution >= 0.6 is 0 Å². The summed E-state index contributed by atoms with van der Waals surface area (Å²) in [5.41, 5.74) is 5.61. The third-order valence-corrected chi connectivity index (χ3v) is 5.63. The monoisotopic (exact) mass is 369 g/mol. The summed E-state index contributed by atoms with van der Waals surface area (Å²) in [4.78, 5) is 16.0. The highest BCUT2D eigenvalue weighted by Gasteiger charge is 2.17. The van der Waals surface area contributed by atoms with Crippen molar-refractivity contribution in [2.75, 3.05) is 38.1 Å². The predicted molar refractivity (Wildman–Crippen MR) is 110 cm³/mol. The molecule has 0 unspecified atom stereocenters. The predicted octanol–water partition coefficient (Wildman–Crippen LogP) is 1.98. The third kappa shape index (κ3) is 2.86. The Bertz CT molecular complexity index is 1190. The van der Waals surface area contributed by atoms with Crippen LogP contribution in [0.2, 0.25) is 0 Å². The number of aromatic nitrogens is 3. The normalized spacial score (nSPS) is 15.2. The Morgan fingerprint density at radius 2 is 1.79 bits per heavy atom. The molecule has 138 valence electrons. The molecule has 1 aliphatic heterocycles. The fourth-order valence-corrected chi connectivity index (χ4v) is 3.91. The van der Waals surface area contributed by atoms with E-state index < -0.39 is 0 Å². The van der Waals surface area contributed by atoms with Crippen molar-refractivity contribution in [3.8, 4) is 17.2 Å². The summed E-state index contributed by atoms with van der Waals surface area (Å²) in [6, 6.07) is 14.8. The van der Waals surface area contributed by atoms with E-state index in [1.807, 2.05) is 12.3 Å². The quantitative estimate of drug-likeness (QED) is 0.567. The Hall–Kier alpha value is -3.43. The van der Waals surface area contributed by atoms with E-state index in [2.05, 4.69) is 63.3 Å². The van der Waals surface area contributed by atoms with Crippen LogP contribution in [0.3, 0.4) is 0 Å². The highest BCUT2D eigenvalue weighted by atomic mass is 15.2. The van der Waals surface area contributed by atoms with Gasteiger partial charge in [-0.3, -0.25) is 0 Å². The van der Waals surface area contributed by atoms with Gasteiger partial charge in [0.2, 0.25) is 0 Å². The zero-order valence-electron chi connectivity index (χ0n) is 15.7. The molecule has 0 saturated carbocycles. The third-order valence-electron chi connectivity index (χ3n) is 5.63. The fraction of sp³-hybridized carbons (Fsp3) is 0.227.